The number of benzene rings is 1. The Kier molecular flexibility index (Phi) is 6.31. The van der Waals surface area contributed by atoms with Crippen LogP contribution in [0.5, 0.6) is 0 Å². The summed E-state index contributed by atoms with van der Waals surface area (Å²) >= 11 is 0. The van der Waals surface area contributed by atoms with Gasteiger partial charge in [0, 0.05) is 26.3 Å². The number of pyridine rings is 1. The molecule has 0 unspecified atom stereocenters. The summed E-state index contributed by atoms with van der Waals surface area (Å²) < 4.78 is 0. The van der Waals surface area contributed by atoms with E-state index >= 15 is 0 Å². The Hall–Kier alpha value is -3.88. The molecule has 0 aliphatic rings. The number of allylic oxidation sites excluding steroid dienone is 1. The number of nitrogens with zero attached hydrogens (tertiary/aromatic N) is 4. The number of H-pyrrole nitrogens is 1. The predicted molar refractivity (Wildman–Crippen MR) is 116 cm³/mol. The molecule has 2 heterocycles. The lowest BCUT2D eigenvalue weighted by Crippen LogP contribution is -2.41. The number of aromatic nitrogens is 3. The molecule has 3 rings (SSSR count). The molecular weight excluding hydrogens is 382 g/mol. The van der Waals surface area contributed by atoms with Crippen LogP contribution in [0.15, 0.2) is 54.5 Å². The normalized spacial score (nSPS) is 11.4. The van der Waals surface area contributed by atoms with E-state index in [1.807, 2.05) is 62.3 Å². The number of likely N-dealkylation sites (N-methyl/N-ethyl adjacent to an activating group) is 1. The number of nitrogens with two attached hydrogens (primary N) is 1. The molecule has 30 heavy (non-hydrogen) atoms. The van der Waals surface area contributed by atoms with Crippen molar-refractivity contribution in [3.8, 4) is 0 Å². The van der Waals surface area contributed by atoms with Crippen molar-refractivity contribution < 1.29 is 9.59 Å². The Bertz CT molecular complexity index is 1070. The summed E-state index contributed by atoms with van der Waals surface area (Å²) in [6.07, 6.45) is 4.84. The van der Waals surface area contributed by atoms with Crippen LogP contribution in [-0.2, 0) is 16.1 Å². The lowest BCUT2D eigenvalue weighted by atomic mass is 10.2. The van der Waals surface area contributed by atoms with E-state index in [1.54, 1.807) is 0 Å². The molecule has 3 aromatic rings. The van der Waals surface area contributed by atoms with Crippen molar-refractivity contribution in [2.24, 2.45) is 0 Å². The van der Waals surface area contributed by atoms with Crippen LogP contribution < -0.4 is 11.1 Å². The van der Waals surface area contributed by atoms with Crippen molar-refractivity contribution in [2.75, 3.05) is 31.7 Å². The second kappa shape index (κ2) is 9.08. The molecule has 0 saturated heterocycles. The summed E-state index contributed by atoms with van der Waals surface area (Å²) in [5, 5.41) is 9.91. The number of aromatic amines is 1. The molecule has 0 saturated carbocycles. The second-order valence-corrected chi connectivity index (χ2v) is 6.99. The Labute approximate surface area is 174 Å². The first-order valence-corrected chi connectivity index (χ1v) is 9.45. The minimum Gasteiger partial charge on any atom is -0.383 e. The molecule has 0 radical (unpaired) electrons. The third-order valence-corrected chi connectivity index (χ3v) is 4.72. The highest BCUT2D eigenvalue weighted by molar-refractivity contribution is 6.40. The van der Waals surface area contributed by atoms with E-state index in [2.05, 4.69) is 20.5 Å². The lowest BCUT2D eigenvalue weighted by molar-refractivity contribution is -0.143. The Morgan fingerprint density at radius 2 is 1.93 bits per heavy atom. The third kappa shape index (κ3) is 4.57. The highest BCUT2D eigenvalue weighted by Crippen LogP contribution is 2.24. The Morgan fingerprint density at radius 1 is 1.20 bits per heavy atom. The van der Waals surface area contributed by atoms with E-state index in [1.165, 1.54) is 17.3 Å². The zero-order valence-corrected chi connectivity index (χ0v) is 17.2. The number of carbonyl (C=O) groups excluding carboxylic acids is 2. The zero-order chi connectivity index (χ0) is 21.7. The van der Waals surface area contributed by atoms with E-state index in [9.17, 15) is 9.59 Å². The molecule has 0 spiro atoms. The van der Waals surface area contributed by atoms with Gasteiger partial charge in [-0.25, -0.2) is 4.98 Å². The van der Waals surface area contributed by atoms with Crippen LogP contribution in [0, 0.1) is 0 Å². The molecule has 1 aromatic carbocycles. The minimum atomic E-state index is -0.761. The van der Waals surface area contributed by atoms with Crippen molar-refractivity contribution in [3.05, 3.63) is 60.1 Å². The van der Waals surface area contributed by atoms with Crippen molar-refractivity contribution in [1.82, 2.24) is 25.0 Å². The molecule has 0 atom stereocenters. The third-order valence-electron chi connectivity index (χ3n) is 4.72. The number of rotatable bonds is 6. The van der Waals surface area contributed by atoms with Gasteiger partial charge >= 0.3 is 11.8 Å². The van der Waals surface area contributed by atoms with Crippen LogP contribution in [0.3, 0.4) is 0 Å². The van der Waals surface area contributed by atoms with Crippen molar-refractivity contribution in [3.63, 3.8) is 0 Å². The maximum Gasteiger partial charge on any atom is 0.314 e. The van der Waals surface area contributed by atoms with E-state index in [0.29, 0.717) is 29.7 Å². The predicted octanol–water partition coefficient (Wildman–Crippen LogP) is 1.97. The number of carbonyl (C=O) groups is 2. The SMILES string of the molecule is C/C=C(/CN(Cc1ccccc1)C(=O)C(=O)Nc1cnc(N)c2cn[nH]c12)N(C)C. The van der Waals surface area contributed by atoms with Crippen LogP contribution in [0.25, 0.3) is 10.9 Å². The molecule has 0 aliphatic heterocycles. The maximum absolute atomic E-state index is 13.1. The molecule has 9 heteroatoms. The Balaban J connectivity index is 1.84. The summed E-state index contributed by atoms with van der Waals surface area (Å²) in [4.78, 5) is 33.3. The van der Waals surface area contributed by atoms with Gasteiger partial charge in [0.1, 0.15) is 5.82 Å². The summed E-state index contributed by atoms with van der Waals surface area (Å²) in [5.74, 6) is -1.12. The van der Waals surface area contributed by atoms with E-state index in [0.717, 1.165) is 11.3 Å². The van der Waals surface area contributed by atoms with Crippen LogP contribution in [-0.4, -0.2) is 57.4 Å². The van der Waals surface area contributed by atoms with Gasteiger partial charge in [-0.2, -0.15) is 5.10 Å². The highest BCUT2D eigenvalue weighted by atomic mass is 16.2. The average Bonchev–Trinajstić information content (AvgIpc) is 3.24. The number of hydrogen-bond donors (Lipinski definition) is 3. The van der Waals surface area contributed by atoms with Gasteiger partial charge < -0.3 is 20.9 Å². The van der Waals surface area contributed by atoms with Gasteiger partial charge in [0.2, 0.25) is 0 Å². The van der Waals surface area contributed by atoms with Gasteiger partial charge in [-0.05, 0) is 12.5 Å². The van der Waals surface area contributed by atoms with Gasteiger partial charge in [0.25, 0.3) is 0 Å². The number of amides is 2. The molecule has 0 fully saturated rings. The smallest absolute Gasteiger partial charge is 0.314 e. The van der Waals surface area contributed by atoms with Gasteiger partial charge in [-0.3, -0.25) is 14.7 Å². The maximum atomic E-state index is 13.1. The standard InChI is InChI=1S/C21H25N7O2/c1-4-15(27(2)3)13-28(12-14-8-6-5-7-9-14)21(30)20(29)25-17-11-23-19(22)16-10-24-26-18(16)17/h4-11H,12-13H2,1-3H3,(H2,22,23)(H,24,26)(H,25,29)/b15-4-. The fraction of sp³-hybridized carbons (Fsp3) is 0.238. The second-order valence-electron chi connectivity index (χ2n) is 6.99. The zero-order valence-electron chi connectivity index (χ0n) is 17.2. The monoisotopic (exact) mass is 407 g/mol. The van der Waals surface area contributed by atoms with E-state index in [-0.39, 0.29) is 5.82 Å². The van der Waals surface area contributed by atoms with Crippen molar-refractivity contribution >= 4 is 34.2 Å². The van der Waals surface area contributed by atoms with Crippen LogP contribution >= 0.6 is 0 Å². The van der Waals surface area contributed by atoms with Crippen LogP contribution in [0.1, 0.15) is 12.5 Å². The lowest BCUT2D eigenvalue weighted by Gasteiger charge is -2.27. The first kappa shape index (κ1) is 20.8. The van der Waals surface area contributed by atoms with Gasteiger partial charge in [-0.1, -0.05) is 36.4 Å². The largest absolute Gasteiger partial charge is 0.383 e. The molecule has 4 N–H and O–H groups in total. The number of anilines is 2. The summed E-state index contributed by atoms with van der Waals surface area (Å²) in [5.41, 5.74) is 8.52. The highest BCUT2D eigenvalue weighted by Gasteiger charge is 2.24. The quantitative estimate of drug-likeness (QED) is 0.538. The van der Waals surface area contributed by atoms with Crippen molar-refractivity contribution in [1.29, 1.82) is 0 Å². The molecule has 2 aromatic heterocycles. The Morgan fingerprint density at radius 3 is 2.60 bits per heavy atom. The number of nitrogens with one attached hydrogen (secondary N) is 2. The number of nitrogen functional groups attached to an aromatic ring is 1. The molecule has 0 aliphatic carbocycles. The van der Waals surface area contributed by atoms with E-state index < -0.39 is 11.8 Å². The molecule has 156 valence electrons. The first-order chi connectivity index (χ1) is 14.4. The van der Waals surface area contributed by atoms with Gasteiger partial charge in [0.05, 0.1) is 35.5 Å². The summed E-state index contributed by atoms with van der Waals surface area (Å²) in [7, 11) is 3.80. The minimum absolute atomic E-state index is 0.289. The van der Waals surface area contributed by atoms with E-state index in [4.69, 9.17) is 5.73 Å². The fourth-order valence-electron chi connectivity index (χ4n) is 3.06. The molecule has 9 nitrogen and oxygen atoms in total. The summed E-state index contributed by atoms with van der Waals surface area (Å²) in [6.45, 7) is 2.50. The van der Waals surface area contributed by atoms with Crippen molar-refractivity contribution in [2.45, 2.75) is 13.5 Å². The fourth-order valence-corrected chi connectivity index (χ4v) is 3.06. The molecule has 0 bridgehead atoms. The van der Waals surface area contributed by atoms with Crippen LogP contribution in [0.2, 0.25) is 0 Å². The molecular formula is C21H25N7O2. The first-order valence-electron chi connectivity index (χ1n) is 9.45. The summed E-state index contributed by atoms with van der Waals surface area (Å²) in [6, 6.07) is 9.54. The van der Waals surface area contributed by atoms with Gasteiger partial charge in [-0.15, -0.1) is 0 Å². The number of hydrogen-bond acceptors (Lipinski definition) is 6. The van der Waals surface area contributed by atoms with Crippen LogP contribution in [0.4, 0.5) is 11.5 Å². The number of fused-ring (bicyclic) bond motifs is 1. The average molecular weight is 407 g/mol. The van der Waals surface area contributed by atoms with Gasteiger partial charge in [0.15, 0.2) is 0 Å². The molecule has 2 amide bonds. The topological polar surface area (TPSA) is 120 Å².